The number of rotatable bonds is 13. The molecule has 0 fully saturated rings. The molecule has 148 valence electrons. The molecule has 0 saturated heterocycles. The van der Waals surface area contributed by atoms with Crippen molar-refractivity contribution >= 4 is 5.78 Å². The van der Waals surface area contributed by atoms with Crippen LogP contribution < -0.4 is 10.1 Å². The number of carbonyl (C=O) groups excluding carboxylic acids is 1. The summed E-state index contributed by atoms with van der Waals surface area (Å²) in [5.41, 5.74) is 2.69. The molecular formula is C22H37NO3. The van der Waals surface area contributed by atoms with E-state index in [0.717, 1.165) is 24.0 Å². The number of unbranched alkanes of at least 4 members (excludes halogenated alkanes) is 4. The van der Waals surface area contributed by atoms with Crippen molar-refractivity contribution in [1.82, 2.24) is 5.32 Å². The lowest BCUT2D eigenvalue weighted by Crippen LogP contribution is -2.35. The molecule has 0 aliphatic carbocycles. The average Bonchev–Trinajstić information content (AvgIpc) is 2.57. The van der Waals surface area contributed by atoms with Gasteiger partial charge in [0.25, 0.3) is 0 Å². The van der Waals surface area contributed by atoms with Gasteiger partial charge in [0.2, 0.25) is 0 Å². The second kappa shape index (κ2) is 12.1. The van der Waals surface area contributed by atoms with Gasteiger partial charge in [-0.25, -0.2) is 0 Å². The summed E-state index contributed by atoms with van der Waals surface area (Å²) in [4.78, 5) is 12.7. The Kier molecular flexibility index (Phi) is 10.5. The largest absolute Gasteiger partial charge is 0.490 e. The number of ether oxygens (including phenoxy) is 1. The van der Waals surface area contributed by atoms with Gasteiger partial charge in [0.1, 0.15) is 18.5 Å². The third-order valence-corrected chi connectivity index (χ3v) is 4.42. The van der Waals surface area contributed by atoms with E-state index in [-0.39, 0.29) is 12.4 Å². The maximum absolute atomic E-state index is 12.7. The highest BCUT2D eigenvalue weighted by molar-refractivity contribution is 6.00. The maximum Gasteiger partial charge on any atom is 0.166 e. The number of ketones is 1. The van der Waals surface area contributed by atoms with Crippen LogP contribution in [0.3, 0.4) is 0 Å². The molecule has 1 rings (SSSR count). The van der Waals surface area contributed by atoms with Crippen LogP contribution in [0.1, 0.15) is 80.8 Å². The second-order valence-corrected chi connectivity index (χ2v) is 7.57. The van der Waals surface area contributed by atoms with Gasteiger partial charge in [0, 0.05) is 19.0 Å². The van der Waals surface area contributed by atoms with Gasteiger partial charge in [-0.15, -0.1) is 0 Å². The monoisotopic (exact) mass is 363 g/mol. The Morgan fingerprint density at radius 3 is 2.50 bits per heavy atom. The predicted octanol–water partition coefficient (Wildman–Crippen LogP) is 4.58. The van der Waals surface area contributed by atoms with Crippen LogP contribution in [0.5, 0.6) is 5.75 Å². The molecular weight excluding hydrogens is 326 g/mol. The highest BCUT2D eigenvalue weighted by atomic mass is 16.5. The normalized spacial score (nSPS) is 12.4. The van der Waals surface area contributed by atoms with Gasteiger partial charge in [-0.05, 0) is 37.5 Å². The van der Waals surface area contributed by atoms with E-state index in [1.54, 1.807) is 0 Å². The summed E-state index contributed by atoms with van der Waals surface area (Å²) < 4.78 is 5.85. The van der Waals surface area contributed by atoms with E-state index in [0.29, 0.717) is 30.3 Å². The molecule has 4 nitrogen and oxygen atoms in total. The molecule has 2 N–H and O–H groups in total. The first kappa shape index (κ1) is 22.7. The Bertz CT molecular complexity index is 555. The molecule has 0 amide bonds. The van der Waals surface area contributed by atoms with Crippen LogP contribution in [-0.2, 0) is 0 Å². The number of carbonyl (C=O) groups is 1. The summed E-state index contributed by atoms with van der Waals surface area (Å²) in [6.45, 7) is 10.9. The van der Waals surface area contributed by atoms with Crippen molar-refractivity contribution in [3.8, 4) is 5.75 Å². The molecule has 1 atom stereocenters. The summed E-state index contributed by atoms with van der Waals surface area (Å²) in [6, 6.07) is 4.24. The van der Waals surface area contributed by atoms with E-state index in [2.05, 4.69) is 12.2 Å². The Morgan fingerprint density at radius 2 is 1.85 bits per heavy atom. The summed E-state index contributed by atoms with van der Waals surface area (Å²) >= 11 is 0. The van der Waals surface area contributed by atoms with E-state index < -0.39 is 6.10 Å². The van der Waals surface area contributed by atoms with Gasteiger partial charge in [0.15, 0.2) is 5.78 Å². The summed E-state index contributed by atoms with van der Waals surface area (Å²) in [5.74, 6) is 0.744. The van der Waals surface area contributed by atoms with Gasteiger partial charge in [-0.2, -0.15) is 0 Å². The molecule has 0 aliphatic rings. The number of hydrogen-bond donors (Lipinski definition) is 2. The minimum atomic E-state index is -0.602. The fourth-order valence-corrected chi connectivity index (χ4v) is 3.03. The van der Waals surface area contributed by atoms with Crippen LogP contribution in [0, 0.1) is 13.8 Å². The maximum atomic E-state index is 12.7. The molecule has 26 heavy (non-hydrogen) atoms. The lowest BCUT2D eigenvalue weighted by Gasteiger charge is -2.18. The number of aryl methyl sites for hydroxylation is 2. The first-order chi connectivity index (χ1) is 12.3. The first-order valence-corrected chi connectivity index (χ1v) is 10.0. The third kappa shape index (κ3) is 8.33. The number of aliphatic hydroxyl groups is 1. The molecule has 0 radical (unpaired) electrons. The summed E-state index contributed by atoms with van der Waals surface area (Å²) in [5, 5.41) is 13.3. The smallest absolute Gasteiger partial charge is 0.166 e. The van der Waals surface area contributed by atoms with Crippen molar-refractivity contribution in [2.24, 2.45) is 0 Å². The molecule has 0 unspecified atom stereocenters. The Hall–Kier alpha value is -1.39. The van der Waals surface area contributed by atoms with E-state index in [9.17, 15) is 9.90 Å². The minimum absolute atomic E-state index is 0.142. The fourth-order valence-electron chi connectivity index (χ4n) is 3.03. The zero-order chi connectivity index (χ0) is 19.5. The van der Waals surface area contributed by atoms with Crippen molar-refractivity contribution in [1.29, 1.82) is 0 Å². The topological polar surface area (TPSA) is 58.6 Å². The van der Waals surface area contributed by atoms with Crippen LogP contribution in [0.4, 0.5) is 0 Å². The molecule has 0 bridgehead atoms. The van der Waals surface area contributed by atoms with Crippen molar-refractivity contribution in [3.63, 3.8) is 0 Å². The van der Waals surface area contributed by atoms with Crippen LogP contribution >= 0.6 is 0 Å². The number of Topliss-reactive ketones (excluding diaryl/α,β-unsaturated/α-hetero) is 1. The highest BCUT2D eigenvalue weighted by Crippen LogP contribution is 2.27. The van der Waals surface area contributed by atoms with Crippen molar-refractivity contribution in [2.45, 2.75) is 85.3 Å². The van der Waals surface area contributed by atoms with Crippen LogP contribution in [0.2, 0.25) is 0 Å². The third-order valence-electron chi connectivity index (χ3n) is 4.42. The van der Waals surface area contributed by atoms with E-state index in [4.69, 9.17) is 4.74 Å². The van der Waals surface area contributed by atoms with Crippen molar-refractivity contribution in [3.05, 3.63) is 28.8 Å². The van der Waals surface area contributed by atoms with Gasteiger partial charge in [-0.1, -0.05) is 52.5 Å². The SMILES string of the molecule is CCCCCCCC(=O)c1c(C)cc(C)cc1OC[C@H](O)CNC(C)C. The van der Waals surface area contributed by atoms with Crippen molar-refractivity contribution in [2.75, 3.05) is 13.2 Å². The molecule has 0 spiro atoms. The van der Waals surface area contributed by atoms with Gasteiger partial charge < -0.3 is 15.2 Å². The minimum Gasteiger partial charge on any atom is -0.490 e. The van der Waals surface area contributed by atoms with E-state index in [1.807, 2.05) is 39.8 Å². The lowest BCUT2D eigenvalue weighted by atomic mass is 9.97. The molecule has 0 saturated carbocycles. The fraction of sp³-hybridized carbons (Fsp3) is 0.682. The standard InChI is InChI=1S/C22H37NO3/c1-6-7-8-9-10-11-20(25)22-18(5)12-17(4)13-21(22)26-15-19(24)14-23-16(2)3/h12-13,16,19,23-24H,6-11,14-15H2,1-5H3/t19-/m1/s1. The Morgan fingerprint density at radius 1 is 1.15 bits per heavy atom. The first-order valence-electron chi connectivity index (χ1n) is 10.0. The van der Waals surface area contributed by atoms with Gasteiger partial charge >= 0.3 is 0 Å². The zero-order valence-corrected chi connectivity index (χ0v) is 17.2. The van der Waals surface area contributed by atoms with Crippen LogP contribution in [-0.4, -0.2) is 36.2 Å². The zero-order valence-electron chi connectivity index (χ0n) is 17.2. The highest BCUT2D eigenvalue weighted by Gasteiger charge is 2.17. The number of nitrogens with one attached hydrogen (secondary N) is 1. The number of hydrogen-bond acceptors (Lipinski definition) is 4. The lowest BCUT2D eigenvalue weighted by molar-refractivity contribution is 0.0942. The van der Waals surface area contributed by atoms with Crippen LogP contribution in [0.25, 0.3) is 0 Å². The molecule has 0 heterocycles. The average molecular weight is 364 g/mol. The van der Waals surface area contributed by atoms with Gasteiger partial charge in [0.05, 0.1) is 5.56 Å². The predicted molar refractivity (Wildman–Crippen MR) is 108 cm³/mol. The number of benzene rings is 1. The molecule has 1 aromatic carbocycles. The number of aliphatic hydroxyl groups excluding tert-OH is 1. The Labute approximate surface area is 159 Å². The summed E-state index contributed by atoms with van der Waals surface area (Å²) in [7, 11) is 0. The Balaban J connectivity index is 2.71. The molecule has 1 aromatic rings. The van der Waals surface area contributed by atoms with E-state index in [1.165, 1.54) is 19.3 Å². The summed E-state index contributed by atoms with van der Waals surface area (Å²) in [6.07, 6.45) is 5.60. The van der Waals surface area contributed by atoms with Gasteiger partial charge in [-0.3, -0.25) is 4.79 Å². The van der Waals surface area contributed by atoms with Crippen LogP contribution in [0.15, 0.2) is 12.1 Å². The van der Waals surface area contributed by atoms with Crippen molar-refractivity contribution < 1.29 is 14.6 Å². The molecule has 4 heteroatoms. The van der Waals surface area contributed by atoms with E-state index >= 15 is 0 Å². The second-order valence-electron chi connectivity index (χ2n) is 7.57. The molecule has 0 aliphatic heterocycles. The molecule has 0 aromatic heterocycles. The quantitative estimate of drug-likeness (QED) is 0.398.